The molecule has 0 radical (unpaired) electrons. The summed E-state index contributed by atoms with van der Waals surface area (Å²) in [6, 6.07) is 18.0. The molecule has 0 N–H and O–H groups in total. The summed E-state index contributed by atoms with van der Waals surface area (Å²) in [4.78, 5) is 0. The van der Waals surface area contributed by atoms with Crippen molar-refractivity contribution in [3.05, 3.63) is 59.7 Å². The van der Waals surface area contributed by atoms with E-state index in [1.54, 1.807) is 11.1 Å². The maximum absolute atomic E-state index is 2.32. The van der Waals surface area contributed by atoms with Crippen molar-refractivity contribution in [2.75, 3.05) is 0 Å². The zero-order chi connectivity index (χ0) is 13.4. The highest BCUT2D eigenvalue weighted by Crippen LogP contribution is 2.35. The van der Waals surface area contributed by atoms with Gasteiger partial charge in [0.1, 0.15) is 0 Å². The summed E-state index contributed by atoms with van der Waals surface area (Å²) < 4.78 is 0. The van der Waals surface area contributed by atoms with E-state index in [2.05, 4.69) is 48.5 Å². The number of rotatable bonds is 0. The number of fused-ring (bicyclic) bond motifs is 3. The van der Waals surface area contributed by atoms with Gasteiger partial charge in [-0.05, 0) is 58.4 Å². The Bertz CT molecular complexity index is 644. The third kappa shape index (κ3) is 1.83. The highest BCUT2D eigenvalue weighted by atomic mass is 14.2. The second-order valence-corrected chi connectivity index (χ2v) is 5.96. The van der Waals surface area contributed by atoms with Crippen LogP contribution in [0.1, 0.15) is 36.8 Å². The molecule has 2 bridgehead atoms. The number of hydrogen-bond donors (Lipinski definition) is 0. The quantitative estimate of drug-likeness (QED) is 0.458. The summed E-state index contributed by atoms with van der Waals surface area (Å²) in [5.74, 6) is 0. The molecule has 0 saturated heterocycles. The molecule has 0 unspecified atom stereocenters. The number of hydrogen-bond acceptors (Lipinski definition) is 0. The lowest BCUT2D eigenvalue weighted by Crippen LogP contribution is -1.99. The monoisotopic (exact) mass is 260 g/mol. The maximum Gasteiger partial charge on any atom is -0.0143 e. The van der Waals surface area contributed by atoms with Crippen molar-refractivity contribution in [1.82, 2.24) is 0 Å². The first kappa shape index (κ1) is 12.0. The van der Waals surface area contributed by atoms with Gasteiger partial charge in [-0.1, -0.05) is 61.4 Å². The van der Waals surface area contributed by atoms with Gasteiger partial charge >= 0.3 is 0 Å². The molecular formula is C20H20. The zero-order valence-corrected chi connectivity index (χ0v) is 11.9. The van der Waals surface area contributed by atoms with E-state index in [4.69, 9.17) is 0 Å². The predicted molar refractivity (Wildman–Crippen MR) is 87.3 cm³/mol. The molecular weight excluding hydrogens is 240 g/mol. The normalized spacial score (nSPS) is 15.8. The summed E-state index contributed by atoms with van der Waals surface area (Å²) in [6.07, 6.45) is 7.85. The van der Waals surface area contributed by atoms with E-state index in [1.807, 2.05) is 0 Å². The van der Waals surface area contributed by atoms with Gasteiger partial charge in [0.2, 0.25) is 0 Å². The molecule has 3 aromatic rings. The molecule has 0 fully saturated rings. The lowest BCUT2D eigenvalue weighted by atomic mass is 9.86. The van der Waals surface area contributed by atoms with Crippen LogP contribution in [0, 0.1) is 0 Å². The van der Waals surface area contributed by atoms with E-state index in [9.17, 15) is 0 Å². The molecule has 1 aliphatic carbocycles. The van der Waals surface area contributed by atoms with Gasteiger partial charge in [-0.15, -0.1) is 0 Å². The zero-order valence-electron chi connectivity index (χ0n) is 11.9. The molecule has 0 aromatic heterocycles. The van der Waals surface area contributed by atoms with E-state index in [0.29, 0.717) is 0 Å². The molecule has 0 spiro atoms. The van der Waals surface area contributed by atoms with Gasteiger partial charge in [0.05, 0.1) is 0 Å². The molecule has 0 heteroatoms. The Morgan fingerprint density at radius 2 is 0.800 bits per heavy atom. The van der Waals surface area contributed by atoms with E-state index in [1.165, 1.54) is 60.1 Å². The first-order valence-electron chi connectivity index (χ1n) is 7.86. The largest absolute Gasteiger partial charge is 0.0616 e. The van der Waals surface area contributed by atoms with Crippen LogP contribution in [0.3, 0.4) is 0 Å². The highest BCUT2D eigenvalue weighted by Gasteiger charge is 2.14. The number of benzene rings is 3. The highest BCUT2D eigenvalue weighted by molar-refractivity contribution is 6.05. The average molecular weight is 260 g/mol. The van der Waals surface area contributed by atoms with Crippen molar-refractivity contribution >= 4 is 21.5 Å². The lowest BCUT2D eigenvalue weighted by molar-refractivity contribution is 0.642. The van der Waals surface area contributed by atoms with E-state index in [-0.39, 0.29) is 0 Å². The van der Waals surface area contributed by atoms with Crippen LogP contribution in [0.15, 0.2) is 48.5 Å². The molecule has 0 amide bonds. The van der Waals surface area contributed by atoms with Crippen molar-refractivity contribution in [3.8, 4) is 0 Å². The average Bonchev–Trinajstić information content (AvgIpc) is 2.53. The summed E-state index contributed by atoms with van der Waals surface area (Å²) in [7, 11) is 0. The van der Waals surface area contributed by atoms with E-state index >= 15 is 0 Å². The minimum absolute atomic E-state index is 1.22. The maximum atomic E-state index is 2.32. The van der Waals surface area contributed by atoms with Gasteiger partial charge in [-0.25, -0.2) is 0 Å². The Balaban J connectivity index is 2.19. The van der Waals surface area contributed by atoms with Crippen LogP contribution < -0.4 is 0 Å². The molecule has 0 atom stereocenters. The molecule has 0 heterocycles. The number of aryl methyl sites for hydroxylation is 2. The Labute approximate surface area is 120 Å². The Hall–Kier alpha value is -1.82. The van der Waals surface area contributed by atoms with Crippen LogP contribution in [-0.2, 0) is 12.8 Å². The van der Waals surface area contributed by atoms with Crippen molar-refractivity contribution in [3.63, 3.8) is 0 Å². The SMILES string of the molecule is c1ccc2c3c4ccccc4c(c2c1)CCCCCC3. The standard InChI is InChI=1S/C20H20/c1-2-4-10-16-19-13-7-5-11-17(19)15(9-3-1)18-12-6-8-14-20(16)18/h5-8,11-14H,1-4,9-10H2. The molecule has 0 saturated carbocycles. The molecule has 4 rings (SSSR count). The van der Waals surface area contributed by atoms with Crippen LogP contribution in [0.25, 0.3) is 21.5 Å². The minimum Gasteiger partial charge on any atom is -0.0616 e. The Morgan fingerprint density at radius 3 is 1.15 bits per heavy atom. The van der Waals surface area contributed by atoms with E-state index < -0.39 is 0 Å². The fourth-order valence-corrected chi connectivity index (χ4v) is 3.80. The predicted octanol–water partition coefficient (Wildman–Crippen LogP) is 5.65. The Morgan fingerprint density at radius 1 is 0.450 bits per heavy atom. The molecule has 20 heavy (non-hydrogen) atoms. The first-order valence-corrected chi connectivity index (χ1v) is 7.86. The molecule has 100 valence electrons. The fourth-order valence-electron chi connectivity index (χ4n) is 3.80. The summed E-state index contributed by atoms with van der Waals surface area (Å²) in [5, 5.41) is 5.96. The molecule has 3 aromatic carbocycles. The Kier molecular flexibility index (Phi) is 2.95. The fraction of sp³-hybridized carbons (Fsp3) is 0.300. The van der Waals surface area contributed by atoms with Gasteiger partial charge in [0, 0.05) is 0 Å². The minimum atomic E-state index is 1.22. The van der Waals surface area contributed by atoms with Crippen molar-refractivity contribution in [2.45, 2.75) is 38.5 Å². The summed E-state index contributed by atoms with van der Waals surface area (Å²) in [6.45, 7) is 0. The van der Waals surface area contributed by atoms with Gasteiger partial charge in [-0.3, -0.25) is 0 Å². The van der Waals surface area contributed by atoms with E-state index in [0.717, 1.165) is 0 Å². The third-order valence-electron chi connectivity index (χ3n) is 4.76. The van der Waals surface area contributed by atoms with Crippen molar-refractivity contribution in [2.24, 2.45) is 0 Å². The summed E-state index contributed by atoms with van der Waals surface area (Å²) >= 11 is 0. The first-order chi connectivity index (χ1) is 9.95. The van der Waals surface area contributed by atoms with Crippen LogP contribution in [0.2, 0.25) is 0 Å². The van der Waals surface area contributed by atoms with Gasteiger partial charge in [0.25, 0.3) is 0 Å². The molecule has 0 aliphatic heterocycles. The summed E-state index contributed by atoms with van der Waals surface area (Å²) in [5.41, 5.74) is 3.14. The second-order valence-electron chi connectivity index (χ2n) is 5.96. The third-order valence-corrected chi connectivity index (χ3v) is 4.76. The van der Waals surface area contributed by atoms with Crippen LogP contribution in [0.4, 0.5) is 0 Å². The van der Waals surface area contributed by atoms with Gasteiger partial charge < -0.3 is 0 Å². The van der Waals surface area contributed by atoms with Crippen molar-refractivity contribution < 1.29 is 0 Å². The van der Waals surface area contributed by atoms with Crippen LogP contribution in [0.5, 0.6) is 0 Å². The van der Waals surface area contributed by atoms with Crippen molar-refractivity contribution in [1.29, 1.82) is 0 Å². The molecule has 1 aliphatic rings. The topological polar surface area (TPSA) is 0 Å². The smallest absolute Gasteiger partial charge is 0.0143 e. The second kappa shape index (κ2) is 4.94. The van der Waals surface area contributed by atoms with Gasteiger partial charge in [-0.2, -0.15) is 0 Å². The molecule has 0 nitrogen and oxygen atoms in total. The van der Waals surface area contributed by atoms with Crippen LogP contribution >= 0.6 is 0 Å². The van der Waals surface area contributed by atoms with Gasteiger partial charge in [0.15, 0.2) is 0 Å². The lowest BCUT2D eigenvalue weighted by Gasteiger charge is -2.18. The van der Waals surface area contributed by atoms with Crippen LogP contribution in [-0.4, -0.2) is 0 Å².